The lowest BCUT2D eigenvalue weighted by Crippen LogP contribution is -2.54. The fourth-order valence-corrected chi connectivity index (χ4v) is 4.75. The Balaban J connectivity index is 2.30. The highest BCUT2D eigenvalue weighted by atomic mass is 16.6. The maximum absolute atomic E-state index is 12.2. The summed E-state index contributed by atoms with van der Waals surface area (Å²) in [5.74, 6) is 1.68. The van der Waals surface area contributed by atoms with Crippen LogP contribution in [-0.2, 0) is 9.53 Å². The normalized spacial score (nSPS) is 37.0. The first-order valence-electron chi connectivity index (χ1n) is 8.44. The molecule has 0 aromatic carbocycles. The van der Waals surface area contributed by atoms with Gasteiger partial charge in [-0.25, -0.2) is 4.79 Å². The van der Waals surface area contributed by atoms with E-state index in [2.05, 4.69) is 20.4 Å². The summed E-state index contributed by atoms with van der Waals surface area (Å²) < 4.78 is 6.12. The van der Waals surface area contributed by atoms with Gasteiger partial charge < -0.3 is 4.74 Å². The van der Waals surface area contributed by atoms with Crippen LogP contribution >= 0.6 is 0 Å². The summed E-state index contributed by atoms with van der Waals surface area (Å²) in [6.07, 6.45) is 9.82. The maximum atomic E-state index is 12.2. The molecule has 0 bridgehead atoms. The fraction of sp³-hybridized carbons (Fsp3) is 0.833. The highest BCUT2D eigenvalue weighted by Crippen LogP contribution is 2.53. The molecule has 2 saturated carbocycles. The van der Waals surface area contributed by atoms with Crippen molar-refractivity contribution in [1.29, 1.82) is 0 Å². The van der Waals surface area contributed by atoms with Crippen LogP contribution in [0.2, 0.25) is 0 Å². The zero-order chi connectivity index (χ0) is 14.8. The second kappa shape index (κ2) is 6.32. The summed E-state index contributed by atoms with van der Waals surface area (Å²) in [5.41, 5.74) is 0.305. The molecule has 0 spiro atoms. The van der Waals surface area contributed by atoms with Gasteiger partial charge in [0.25, 0.3) is 0 Å². The van der Waals surface area contributed by atoms with Crippen molar-refractivity contribution >= 4 is 5.97 Å². The van der Waals surface area contributed by atoms with Crippen molar-refractivity contribution in [2.75, 3.05) is 0 Å². The Labute approximate surface area is 124 Å². The lowest BCUT2D eigenvalue weighted by atomic mass is 9.57. The van der Waals surface area contributed by atoms with Crippen molar-refractivity contribution in [2.24, 2.45) is 17.8 Å². The van der Waals surface area contributed by atoms with Crippen molar-refractivity contribution in [1.82, 2.24) is 0 Å². The molecule has 2 heteroatoms. The number of hydrogen-bond acceptors (Lipinski definition) is 2. The molecule has 0 aromatic heterocycles. The first kappa shape index (κ1) is 15.6. The van der Waals surface area contributed by atoms with Gasteiger partial charge in [-0.1, -0.05) is 39.7 Å². The zero-order valence-electron chi connectivity index (χ0n) is 13.4. The average molecular weight is 278 g/mol. The number of ether oxygens (including phenoxy) is 1. The van der Waals surface area contributed by atoms with Gasteiger partial charge in [0.2, 0.25) is 0 Å². The van der Waals surface area contributed by atoms with Gasteiger partial charge in [0.15, 0.2) is 0 Å². The molecule has 20 heavy (non-hydrogen) atoms. The molecule has 0 amide bonds. The first-order chi connectivity index (χ1) is 9.55. The summed E-state index contributed by atoms with van der Waals surface area (Å²) in [6, 6.07) is 0. The van der Waals surface area contributed by atoms with Crippen LogP contribution in [0.4, 0.5) is 0 Å². The van der Waals surface area contributed by atoms with Crippen molar-refractivity contribution in [3.63, 3.8) is 0 Å². The minimum Gasteiger partial charge on any atom is -0.455 e. The highest BCUT2D eigenvalue weighted by Gasteiger charge is 2.52. The van der Waals surface area contributed by atoms with Crippen LogP contribution < -0.4 is 0 Å². The third-order valence-electron chi connectivity index (χ3n) is 5.79. The lowest BCUT2D eigenvalue weighted by Gasteiger charge is -2.53. The van der Waals surface area contributed by atoms with Crippen molar-refractivity contribution < 1.29 is 9.53 Å². The molecule has 2 rings (SSSR count). The molecule has 0 N–H and O–H groups in total. The molecule has 0 heterocycles. The lowest BCUT2D eigenvalue weighted by molar-refractivity contribution is -0.188. The van der Waals surface area contributed by atoms with E-state index in [1.165, 1.54) is 38.5 Å². The molecule has 2 fully saturated rings. The third kappa shape index (κ3) is 2.66. The molecule has 0 aliphatic heterocycles. The maximum Gasteiger partial charge on any atom is 0.333 e. The minimum atomic E-state index is -0.228. The van der Waals surface area contributed by atoms with Gasteiger partial charge in [0, 0.05) is 11.5 Å². The van der Waals surface area contributed by atoms with E-state index >= 15 is 0 Å². The molecular weight excluding hydrogens is 248 g/mol. The van der Waals surface area contributed by atoms with Gasteiger partial charge in [0.1, 0.15) is 5.60 Å². The molecule has 2 aliphatic carbocycles. The Morgan fingerprint density at radius 2 is 1.90 bits per heavy atom. The van der Waals surface area contributed by atoms with Crippen LogP contribution in [0.25, 0.3) is 0 Å². The van der Waals surface area contributed by atoms with Crippen LogP contribution in [0, 0.1) is 17.8 Å². The summed E-state index contributed by atoms with van der Waals surface area (Å²) in [4.78, 5) is 12.2. The summed E-state index contributed by atoms with van der Waals surface area (Å²) in [7, 11) is 0. The fourth-order valence-electron chi connectivity index (χ4n) is 4.75. The van der Waals surface area contributed by atoms with Crippen molar-refractivity contribution in [2.45, 2.75) is 77.7 Å². The van der Waals surface area contributed by atoms with Gasteiger partial charge >= 0.3 is 5.97 Å². The van der Waals surface area contributed by atoms with E-state index in [1.54, 1.807) is 6.92 Å². The van der Waals surface area contributed by atoms with Gasteiger partial charge in [-0.3, -0.25) is 0 Å². The molecule has 4 atom stereocenters. The van der Waals surface area contributed by atoms with E-state index in [0.717, 1.165) is 18.8 Å². The zero-order valence-corrected chi connectivity index (χ0v) is 13.4. The smallest absolute Gasteiger partial charge is 0.333 e. The molecule has 0 aromatic rings. The van der Waals surface area contributed by atoms with Crippen molar-refractivity contribution in [3.05, 3.63) is 12.2 Å². The second-order valence-electron chi connectivity index (χ2n) is 6.81. The molecule has 0 radical (unpaired) electrons. The van der Waals surface area contributed by atoms with Crippen molar-refractivity contribution in [3.8, 4) is 0 Å². The van der Waals surface area contributed by atoms with Crippen LogP contribution in [-0.4, -0.2) is 11.6 Å². The Bertz CT molecular complexity index is 374. The number of esters is 1. The first-order valence-corrected chi connectivity index (χ1v) is 8.44. The highest BCUT2D eigenvalue weighted by molar-refractivity contribution is 5.87. The SMILES string of the molecule is C=C(C)C(=O)OC1(CC)C(CC)CCC2CCCCC21. The Morgan fingerprint density at radius 3 is 2.50 bits per heavy atom. The topological polar surface area (TPSA) is 26.3 Å². The minimum absolute atomic E-state index is 0.184. The summed E-state index contributed by atoms with van der Waals surface area (Å²) >= 11 is 0. The van der Waals surface area contributed by atoms with Crippen LogP contribution in [0.1, 0.15) is 72.1 Å². The average Bonchev–Trinajstić information content (AvgIpc) is 2.47. The Kier molecular flexibility index (Phi) is 4.93. The summed E-state index contributed by atoms with van der Waals surface area (Å²) in [6.45, 7) is 9.97. The van der Waals surface area contributed by atoms with E-state index in [1.807, 2.05) is 0 Å². The molecule has 4 unspecified atom stereocenters. The number of rotatable bonds is 4. The van der Waals surface area contributed by atoms with E-state index < -0.39 is 0 Å². The molecule has 2 aliphatic rings. The second-order valence-corrected chi connectivity index (χ2v) is 6.81. The predicted molar refractivity (Wildman–Crippen MR) is 82.4 cm³/mol. The molecule has 0 saturated heterocycles. The van der Waals surface area contributed by atoms with Gasteiger partial charge in [-0.2, -0.15) is 0 Å². The number of fused-ring (bicyclic) bond motifs is 1. The summed E-state index contributed by atoms with van der Waals surface area (Å²) in [5, 5.41) is 0. The monoisotopic (exact) mass is 278 g/mol. The largest absolute Gasteiger partial charge is 0.455 e. The standard InChI is InChI=1S/C18H30O2/c1-5-15-12-11-14-9-7-8-10-16(14)18(15,6-2)20-17(19)13(3)4/h14-16H,3,5-12H2,1-2,4H3. The van der Waals surface area contributed by atoms with E-state index in [-0.39, 0.29) is 11.6 Å². The predicted octanol–water partition coefficient (Wildman–Crippen LogP) is 4.88. The quantitative estimate of drug-likeness (QED) is 0.541. The Morgan fingerprint density at radius 1 is 1.20 bits per heavy atom. The molecule has 2 nitrogen and oxygen atoms in total. The molecular formula is C18H30O2. The van der Waals surface area contributed by atoms with E-state index in [9.17, 15) is 4.79 Å². The van der Waals surface area contributed by atoms with E-state index in [0.29, 0.717) is 17.4 Å². The Hall–Kier alpha value is -0.790. The van der Waals surface area contributed by atoms with Crippen LogP contribution in [0.5, 0.6) is 0 Å². The van der Waals surface area contributed by atoms with Gasteiger partial charge in [-0.15, -0.1) is 0 Å². The van der Waals surface area contributed by atoms with Crippen LogP contribution in [0.3, 0.4) is 0 Å². The van der Waals surface area contributed by atoms with Gasteiger partial charge in [0.05, 0.1) is 0 Å². The van der Waals surface area contributed by atoms with Crippen LogP contribution in [0.15, 0.2) is 12.2 Å². The molecule has 114 valence electrons. The van der Waals surface area contributed by atoms with Gasteiger partial charge in [-0.05, 0) is 50.9 Å². The number of carbonyl (C=O) groups excluding carboxylic acids is 1. The third-order valence-corrected chi connectivity index (χ3v) is 5.79. The number of hydrogen-bond donors (Lipinski definition) is 0. The van der Waals surface area contributed by atoms with E-state index in [4.69, 9.17) is 4.74 Å². The number of carbonyl (C=O) groups is 1.